The highest BCUT2D eigenvalue weighted by Gasteiger charge is 2.14. The second-order valence-corrected chi connectivity index (χ2v) is 4.93. The number of hydrogen-bond donors (Lipinski definition) is 0. The summed E-state index contributed by atoms with van der Waals surface area (Å²) in [6.45, 7) is 0.336. The van der Waals surface area contributed by atoms with Crippen LogP contribution in [0.3, 0.4) is 0 Å². The van der Waals surface area contributed by atoms with Crippen LogP contribution in [0.2, 0.25) is 5.02 Å². The molecular weight excluding hydrogens is 279 g/mol. The normalized spacial score (nSPS) is 10.9. The first-order valence-electron chi connectivity index (χ1n) is 6.13. The number of aromatic nitrogens is 1. The molecule has 0 atom stereocenters. The highest BCUT2D eigenvalue weighted by atomic mass is 35.5. The van der Waals surface area contributed by atoms with Gasteiger partial charge >= 0.3 is 0 Å². The third-order valence-electron chi connectivity index (χ3n) is 3.18. The zero-order valence-corrected chi connectivity index (χ0v) is 11.6. The monoisotopic (exact) mass is 290 g/mol. The van der Waals surface area contributed by atoms with Gasteiger partial charge in [0, 0.05) is 30.4 Å². The molecule has 0 aliphatic heterocycles. The summed E-state index contributed by atoms with van der Waals surface area (Å²) in [5.74, 6) is 0.416. The minimum Gasteiger partial charge on any atom is -0.464 e. The van der Waals surface area contributed by atoms with E-state index in [0.29, 0.717) is 17.1 Å². The number of pyridine rings is 1. The van der Waals surface area contributed by atoms with Gasteiger partial charge in [-0.25, -0.2) is 9.37 Å². The van der Waals surface area contributed by atoms with E-state index < -0.39 is 0 Å². The van der Waals surface area contributed by atoms with E-state index in [1.807, 2.05) is 18.0 Å². The maximum absolute atomic E-state index is 13.8. The smallest absolute Gasteiger partial charge is 0.139 e. The lowest BCUT2D eigenvalue weighted by Crippen LogP contribution is -2.19. The predicted molar refractivity (Wildman–Crippen MR) is 77.5 cm³/mol. The number of rotatable bonds is 3. The first-order chi connectivity index (χ1) is 9.66. The molecule has 0 aliphatic rings. The Morgan fingerprint density at radius 3 is 2.95 bits per heavy atom. The molecule has 3 rings (SSSR count). The molecule has 2 heterocycles. The lowest BCUT2D eigenvalue weighted by molar-refractivity contribution is 0.607. The molecule has 0 bridgehead atoms. The average Bonchev–Trinajstić information content (AvgIpc) is 2.91. The van der Waals surface area contributed by atoms with Gasteiger partial charge in [0.25, 0.3) is 0 Å². The zero-order valence-electron chi connectivity index (χ0n) is 10.8. The number of hydrogen-bond acceptors (Lipinski definition) is 3. The van der Waals surface area contributed by atoms with Crippen LogP contribution in [0.15, 0.2) is 47.2 Å². The van der Waals surface area contributed by atoms with Gasteiger partial charge in [0.2, 0.25) is 0 Å². The van der Waals surface area contributed by atoms with Gasteiger partial charge in [0.1, 0.15) is 17.2 Å². The number of fused-ring (bicyclic) bond motifs is 1. The second-order valence-electron chi connectivity index (χ2n) is 4.52. The molecule has 3 nitrogen and oxygen atoms in total. The van der Waals surface area contributed by atoms with Crippen LogP contribution >= 0.6 is 11.6 Å². The van der Waals surface area contributed by atoms with Gasteiger partial charge in [-0.1, -0.05) is 17.7 Å². The summed E-state index contributed by atoms with van der Waals surface area (Å²) < 4.78 is 19.2. The van der Waals surface area contributed by atoms with Crippen molar-refractivity contribution < 1.29 is 8.81 Å². The largest absolute Gasteiger partial charge is 0.464 e. The van der Waals surface area contributed by atoms with Crippen LogP contribution in [-0.2, 0) is 6.54 Å². The fourth-order valence-corrected chi connectivity index (χ4v) is 2.40. The van der Waals surface area contributed by atoms with Crippen molar-refractivity contribution in [1.82, 2.24) is 4.98 Å². The van der Waals surface area contributed by atoms with Gasteiger partial charge in [0.15, 0.2) is 0 Å². The van der Waals surface area contributed by atoms with Crippen LogP contribution in [0, 0.1) is 5.82 Å². The summed E-state index contributed by atoms with van der Waals surface area (Å²) in [6.07, 6.45) is 3.28. The Balaban J connectivity index is 1.97. The molecule has 20 heavy (non-hydrogen) atoms. The molecule has 0 spiro atoms. The summed E-state index contributed by atoms with van der Waals surface area (Å²) in [4.78, 5) is 6.18. The standard InChI is InChI=1S/C15H12ClFN2O/c1-19(9-11-12(16)3-2-4-13(11)17)15-10-6-8-20-14(10)5-7-18-15/h2-8H,9H2,1H3. The van der Waals surface area contributed by atoms with Crippen molar-refractivity contribution in [3.8, 4) is 0 Å². The van der Waals surface area contributed by atoms with E-state index in [1.165, 1.54) is 6.07 Å². The molecule has 0 amide bonds. The fraction of sp³-hybridized carbons (Fsp3) is 0.133. The summed E-state index contributed by atoms with van der Waals surface area (Å²) in [5, 5.41) is 1.30. The van der Waals surface area contributed by atoms with Crippen LogP contribution in [0.25, 0.3) is 11.0 Å². The van der Waals surface area contributed by atoms with Crippen LogP contribution in [0.4, 0.5) is 10.2 Å². The Kier molecular flexibility index (Phi) is 3.32. The summed E-state index contributed by atoms with van der Waals surface area (Å²) in [6, 6.07) is 8.32. The lowest BCUT2D eigenvalue weighted by atomic mass is 10.2. The molecule has 0 N–H and O–H groups in total. The van der Waals surface area contributed by atoms with Gasteiger partial charge in [-0.15, -0.1) is 0 Å². The van der Waals surface area contributed by atoms with Crippen molar-refractivity contribution in [2.45, 2.75) is 6.54 Å². The minimum absolute atomic E-state index is 0.316. The summed E-state index contributed by atoms with van der Waals surface area (Å²) in [7, 11) is 1.84. The molecule has 0 saturated carbocycles. The Bertz CT molecular complexity index is 736. The molecule has 0 radical (unpaired) electrons. The highest BCUT2D eigenvalue weighted by molar-refractivity contribution is 6.31. The lowest BCUT2D eigenvalue weighted by Gasteiger charge is -2.19. The molecule has 0 fully saturated rings. The van der Waals surface area contributed by atoms with Crippen LogP contribution in [-0.4, -0.2) is 12.0 Å². The van der Waals surface area contributed by atoms with Gasteiger partial charge in [0.05, 0.1) is 11.6 Å². The summed E-state index contributed by atoms with van der Waals surface area (Å²) >= 11 is 6.05. The van der Waals surface area contributed by atoms with E-state index >= 15 is 0 Å². The Morgan fingerprint density at radius 1 is 1.30 bits per heavy atom. The molecule has 102 valence electrons. The average molecular weight is 291 g/mol. The first kappa shape index (κ1) is 12.9. The number of anilines is 1. The van der Waals surface area contributed by atoms with Crippen LogP contribution in [0.1, 0.15) is 5.56 Å². The molecular formula is C15H12ClFN2O. The number of halogens is 2. The van der Waals surface area contributed by atoms with Crippen molar-refractivity contribution >= 4 is 28.4 Å². The SMILES string of the molecule is CN(Cc1c(F)cccc1Cl)c1nccc2occc12. The third-order valence-corrected chi connectivity index (χ3v) is 3.53. The number of nitrogens with zero attached hydrogens (tertiary/aromatic N) is 2. The van der Waals surface area contributed by atoms with Crippen LogP contribution < -0.4 is 4.90 Å². The highest BCUT2D eigenvalue weighted by Crippen LogP contribution is 2.27. The van der Waals surface area contributed by atoms with Crippen molar-refractivity contribution in [2.75, 3.05) is 11.9 Å². The van der Waals surface area contributed by atoms with E-state index in [4.69, 9.17) is 16.0 Å². The van der Waals surface area contributed by atoms with Crippen molar-refractivity contribution in [3.05, 3.63) is 59.2 Å². The van der Waals surface area contributed by atoms with Crippen molar-refractivity contribution in [3.63, 3.8) is 0 Å². The number of benzene rings is 1. The first-order valence-corrected chi connectivity index (χ1v) is 6.51. The molecule has 0 saturated heterocycles. The van der Waals surface area contributed by atoms with E-state index in [9.17, 15) is 4.39 Å². The van der Waals surface area contributed by atoms with Crippen molar-refractivity contribution in [1.29, 1.82) is 0 Å². The molecule has 2 aromatic heterocycles. The third kappa shape index (κ3) is 2.23. The maximum atomic E-state index is 13.8. The molecule has 1 aromatic carbocycles. The van der Waals surface area contributed by atoms with E-state index in [-0.39, 0.29) is 5.82 Å². The minimum atomic E-state index is -0.316. The summed E-state index contributed by atoms with van der Waals surface area (Å²) in [5.41, 5.74) is 1.21. The van der Waals surface area contributed by atoms with E-state index in [2.05, 4.69) is 4.98 Å². The second kappa shape index (κ2) is 5.13. The van der Waals surface area contributed by atoms with Gasteiger partial charge < -0.3 is 9.32 Å². The zero-order chi connectivity index (χ0) is 14.1. The van der Waals surface area contributed by atoms with Crippen molar-refractivity contribution in [2.24, 2.45) is 0 Å². The Hall–Kier alpha value is -2.07. The van der Waals surface area contributed by atoms with Gasteiger partial charge in [-0.2, -0.15) is 0 Å². The van der Waals surface area contributed by atoms with Gasteiger partial charge in [-0.3, -0.25) is 0 Å². The molecule has 5 heteroatoms. The van der Waals surface area contributed by atoms with E-state index in [1.54, 1.807) is 30.7 Å². The Labute approximate surface area is 120 Å². The number of furan rings is 1. The predicted octanol–water partition coefficient (Wildman–Crippen LogP) is 4.26. The quantitative estimate of drug-likeness (QED) is 0.722. The maximum Gasteiger partial charge on any atom is 0.139 e. The van der Waals surface area contributed by atoms with Crippen LogP contribution in [0.5, 0.6) is 0 Å². The molecule has 0 aliphatic carbocycles. The fourth-order valence-electron chi connectivity index (χ4n) is 2.18. The van der Waals surface area contributed by atoms with E-state index in [0.717, 1.165) is 16.8 Å². The molecule has 0 unspecified atom stereocenters. The molecule has 3 aromatic rings. The van der Waals surface area contributed by atoms with Gasteiger partial charge in [-0.05, 0) is 24.3 Å². The topological polar surface area (TPSA) is 29.3 Å². The Morgan fingerprint density at radius 2 is 2.15 bits per heavy atom.